The molecule has 19 heavy (non-hydrogen) atoms. The van der Waals surface area contributed by atoms with Crippen LogP contribution in [0, 0.1) is 12.8 Å². The van der Waals surface area contributed by atoms with Crippen molar-refractivity contribution < 1.29 is 9.32 Å². The first kappa shape index (κ1) is 14.1. The Morgan fingerprint density at radius 1 is 1.68 bits per heavy atom. The molecule has 1 aromatic rings. The summed E-state index contributed by atoms with van der Waals surface area (Å²) in [5.41, 5.74) is 0.725. The third-order valence-electron chi connectivity index (χ3n) is 3.72. The Morgan fingerprint density at radius 2 is 2.47 bits per heavy atom. The van der Waals surface area contributed by atoms with Gasteiger partial charge in [-0.15, -0.1) is 0 Å². The number of carbonyl (C=O) groups is 1. The van der Waals surface area contributed by atoms with Crippen molar-refractivity contribution in [2.24, 2.45) is 5.92 Å². The largest absolute Gasteiger partial charge is 0.351 e. The number of likely N-dealkylation sites (tertiary alicyclic amines) is 1. The lowest BCUT2D eigenvalue weighted by molar-refractivity contribution is 0.0882. The Bertz CT molecular complexity index is 430. The van der Waals surface area contributed by atoms with E-state index in [2.05, 4.69) is 29.2 Å². The van der Waals surface area contributed by atoms with Gasteiger partial charge in [-0.1, -0.05) is 12.1 Å². The van der Waals surface area contributed by atoms with Gasteiger partial charge in [0.25, 0.3) is 5.91 Å². The molecule has 0 saturated carbocycles. The second-order valence-corrected chi connectivity index (χ2v) is 5.63. The van der Waals surface area contributed by atoms with Crippen molar-refractivity contribution in [1.82, 2.24) is 15.4 Å². The zero-order chi connectivity index (χ0) is 13.8. The molecule has 0 radical (unpaired) electrons. The smallest absolute Gasteiger partial charge is 0.289 e. The highest BCUT2D eigenvalue weighted by molar-refractivity contribution is 5.91. The quantitative estimate of drug-likeness (QED) is 0.902. The third-order valence-corrected chi connectivity index (χ3v) is 3.72. The number of carbonyl (C=O) groups excluding carboxylic acids is 1. The molecule has 1 aliphatic heterocycles. The van der Waals surface area contributed by atoms with Crippen LogP contribution in [0.3, 0.4) is 0 Å². The molecule has 0 spiro atoms. The fourth-order valence-corrected chi connectivity index (χ4v) is 2.55. The number of hydrogen-bond donors (Lipinski definition) is 1. The van der Waals surface area contributed by atoms with Crippen LogP contribution in [-0.4, -0.2) is 41.6 Å². The second-order valence-electron chi connectivity index (χ2n) is 5.63. The number of hydrogen-bond acceptors (Lipinski definition) is 4. The zero-order valence-corrected chi connectivity index (χ0v) is 12.0. The van der Waals surface area contributed by atoms with Crippen molar-refractivity contribution in [3.8, 4) is 0 Å². The topological polar surface area (TPSA) is 58.4 Å². The number of nitrogens with zero attached hydrogens (tertiary/aromatic N) is 2. The second kappa shape index (κ2) is 6.19. The molecule has 1 aliphatic rings. The van der Waals surface area contributed by atoms with Gasteiger partial charge in [0.2, 0.25) is 5.76 Å². The summed E-state index contributed by atoms with van der Waals surface area (Å²) in [5.74, 6) is 0.859. The van der Waals surface area contributed by atoms with Crippen molar-refractivity contribution in [2.45, 2.75) is 39.7 Å². The molecule has 1 aromatic heterocycles. The molecule has 106 valence electrons. The van der Waals surface area contributed by atoms with Crippen LogP contribution in [0.1, 0.15) is 42.9 Å². The molecule has 2 rings (SSSR count). The van der Waals surface area contributed by atoms with Crippen LogP contribution in [-0.2, 0) is 0 Å². The number of rotatable bonds is 4. The predicted octanol–water partition coefficient (Wildman–Crippen LogP) is 1.83. The molecule has 0 bridgehead atoms. The summed E-state index contributed by atoms with van der Waals surface area (Å²) >= 11 is 0. The van der Waals surface area contributed by atoms with Gasteiger partial charge in [0.15, 0.2) is 0 Å². The normalized spacial score (nSPS) is 22.2. The first-order valence-corrected chi connectivity index (χ1v) is 7.02. The summed E-state index contributed by atoms with van der Waals surface area (Å²) in [6.45, 7) is 9.14. The molecule has 2 atom stereocenters. The van der Waals surface area contributed by atoms with E-state index in [9.17, 15) is 4.79 Å². The summed E-state index contributed by atoms with van der Waals surface area (Å²) in [6, 6.07) is 2.01. The van der Waals surface area contributed by atoms with Crippen LogP contribution < -0.4 is 5.32 Å². The Morgan fingerprint density at radius 3 is 3.11 bits per heavy atom. The number of aromatic nitrogens is 1. The summed E-state index contributed by atoms with van der Waals surface area (Å²) < 4.78 is 4.95. The Balaban J connectivity index is 1.79. The molecule has 1 amide bonds. The highest BCUT2D eigenvalue weighted by Gasteiger charge is 2.21. The van der Waals surface area contributed by atoms with E-state index in [4.69, 9.17) is 4.52 Å². The SMILES string of the molecule is Cc1cc(C(=O)NC[C@@H](C)N2CCC[C@@H](C)C2)on1. The van der Waals surface area contributed by atoms with Crippen molar-refractivity contribution in [3.63, 3.8) is 0 Å². The van der Waals surface area contributed by atoms with E-state index in [0.29, 0.717) is 12.6 Å². The summed E-state index contributed by atoms with van der Waals surface area (Å²) in [7, 11) is 0. The molecule has 5 nitrogen and oxygen atoms in total. The van der Waals surface area contributed by atoms with Crippen LogP contribution in [0.4, 0.5) is 0 Å². The molecular weight excluding hydrogens is 242 g/mol. The Kier molecular flexibility index (Phi) is 4.58. The maximum Gasteiger partial charge on any atom is 0.289 e. The average molecular weight is 265 g/mol. The molecule has 0 aliphatic carbocycles. The number of aryl methyl sites for hydroxylation is 1. The van der Waals surface area contributed by atoms with Crippen LogP contribution in [0.5, 0.6) is 0 Å². The molecule has 5 heteroatoms. The highest BCUT2D eigenvalue weighted by Crippen LogP contribution is 2.17. The van der Waals surface area contributed by atoms with Crippen molar-refractivity contribution in [2.75, 3.05) is 19.6 Å². The van der Waals surface area contributed by atoms with Gasteiger partial charge >= 0.3 is 0 Å². The van der Waals surface area contributed by atoms with Crippen molar-refractivity contribution in [3.05, 3.63) is 17.5 Å². The summed E-state index contributed by atoms with van der Waals surface area (Å²) in [6.07, 6.45) is 2.56. The minimum atomic E-state index is -0.183. The first-order valence-electron chi connectivity index (χ1n) is 7.02. The van der Waals surface area contributed by atoms with Gasteiger partial charge in [0.1, 0.15) is 0 Å². The fraction of sp³-hybridized carbons (Fsp3) is 0.714. The Labute approximate surface area is 114 Å². The lowest BCUT2D eigenvalue weighted by atomic mass is 9.99. The van der Waals surface area contributed by atoms with E-state index in [1.807, 2.05) is 0 Å². The molecule has 1 fully saturated rings. The summed E-state index contributed by atoms with van der Waals surface area (Å²) in [4.78, 5) is 14.3. The monoisotopic (exact) mass is 265 g/mol. The average Bonchev–Trinajstić information content (AvgIpc) is 2.82. The number of piperidine rings is 1. The zero-order valence-electron chi connectivity index (χ0n) is 12.0. The molecule has 1 N–H and O–H groups in total. The molecular formula is C14H23N3O2. The van der Waals surface area contributed by atoms with Gasteiger partial charge in [0.05, 0.1) is 5.69 Å². The first-order chi connectivity index (χ1) is 9.06. The van der Waals surface area contributed by atoms with Crippen LogP contribution in [0.25, 0.3) is 0 Å². The predicted molar refractivity (Wildman–Crippen MR) is 73.0 cm³/mol. The lowest BCUT2D eigenvalue weighted by Crippen LogP contribution is -2.46. The van der Waals surface area contributed by atoms with Crippen molar-refractivity contribution >= 4 is 5.91 Å². The van der Waals surface area contributed by atoms with Crippen LogP contribution in [0.2, 0.25) is 0 Å². The van der Waals surface area contributed by atoms with Gasteiger partial charge in [-0.05, 0) is 39.2 Å². The van der Waals surface area contributed by atoms with Gasteiger partial charge in [0, 0.05) is 25.2 Å². The van der Waals surface area contributed by atoms with Crippen molar-refractivity contribution in [1.29, 1.82) is 0 Å². The number of nitrogens with one attached hydrogen (secondary N) is 1. The lowest BCUT2D eigenvalue weighted by Gasteiger charge is -2.35. The van der Waals surface area contributed by atoms with E-state index in [-0.39, 0.29) is 11.7 Å². The fourth-order valence-electron chi connectivity index (χ4n) is 2.55. The Hall–Kier alpha value is -1.36. The van der Waals surface area contributed by atoms with Gasteiger partial charge in [-0.2, -0.15) is 0 Å². The van der Waals surface area contributed by atoms with Gasteiger partial charge in [-0.25, -0.2) is 0 Å². The highest BCUT2D eigenvalue weighted by atomic mass is 16.5. The minimum Gasteiger partial charge on any atom is -0.351 e. The maximum atomic E-state index is 11.8. The maximum absolute atomic E-state index is 11.8. The standard InChI is InChI=1S/C14H23N3O2/c1-10-5-4-6-17(9-10)12(3)8-15-14(18)13-7-11(2)16-19-13/h7,10,12H,4-6,8-9H2,1-3H3,(H,15,18)/t10-,12-/m1/s1. The van der Waals surface area contributed by atoms with Crippen LogP contribution >= 0.6 is 0 Å². The molecule has 0 aromatic carbocycles. The van der Waals surface area contributed by atoms with E-state index >= 15 is 0 Å². The molecule has 2 heterocycles. The van der Waals surface area contributed by atoms with E-state index < -0.39 is 0 Å². The van der Waals surface area contributed by atoms with Gasteiger partial charge < -0.3 is 9.84 Å². The summed E-state index contributed by atoms with van der Waals surface area (Å²) in [5, 5.41) is 6.63. The minimum absolute atomic E-state index is 0.183. The third kappa shape index (κ3) is 3.80. The van der Waals surface area contributed by atoms with Crippen LogP contribution in [0.15, 0.2) is 10.6 Å². The van der Waals surface area contributed by atoms with Gasteiger partial charge in [-0.3, -0.25) is 9.69 Å². The molecule has 0 unspecified atom stereocenters. The van der Waals surface area contributed by atoms with E-state index in [1.165, 1.54) is 12.8 Å². The van der Waals surface area contributed by atoms with E-state index in [1.54, 1.807) is 13.0 Å². The number of amides is 1. The molecule has 1 saturated heterocycles. The van der Waals surface area contributed by atoms with E-state index in [0.717, 1.165) is 24.7 Å².